The Morgan fingerprint density at radius 3 is 2.62 bits per heavy atom. The molecule has 8 nitrogen and oxygen atoms in total. The van der Waals surface area contributed by atoms with Crippen LogP contribution in [0, 0.1) is 0 Å². The standard InChI is InChI=1S/C16H19N3O5S.ClH/c17-10-14-8-12(11-24-14)16(20)18-13-2-1-3-15(9-13)25(21,22)19-4-6-23-7-5-19;/h1-3,8-9,11H,4-7,10,17H2,(H,18,20);1H. The van der Waals surface area contributed by atoms with Gasteiger partial charge in [-0.05, 0) is 24.3 Å². The number of ether oxygens (including phenoxy) is 1. The van der Waals surface area contributed by atoms with Crippen molar-refractivity contribution in [2.75, 3.05) is 31.6 Å². The average Bonchev–Trinajstić information content (AvgIpc) is 3.12. The zero-order valence-corrected chi connectivity index (χ0v) is 15.5. The summed E-state index contributed by atoms with van der Waals surface area (Å²) in [6, 6.07) is 7.70. The van der Waals surface area contributed by atoms with Gasteiger partial charge in [0.25, 0.3) is 5.91 Å². The Kier molecular flexibility index (Phi) is 6.79. The number of nitrogens with zero attached hydrogens (tertiary/aromatic N) is 1. The molecule has 1 aromatic carbocycles. The lowest BCUT2D eigenvalue weighted by Gasteiger charge is -2.26. The normalized spacial score (nSPS) is 15.3. The van der Waals surface area contributed by atoms with E-state index in [0.29, 0.717) is 43.3 Å². The summed E-state index contributed by atoms with van der Waals surface area (Å²) in [6.45, 7) is 1.57. The van der Waals surface area contributed by atoms with Crippen molar-refractivity contribution in [3.8, 4) is 0 Å². The van der Waals surface area contributed by atoms with E-state index in [-0.39, 0.29) is 23.8 Å². The quantitative estimate of drug-likeness (QED) is 0.783. The van der Waals surface area contributed by atoms with Crippen molar-refractivity contribution in [3.63, 3.8) is 0 Å². The first-order valence-corrected chi connectivity index (χ1v) is 9.21. The van der Waals surface area contributed by atoms with Crippen molar-refractivity contribution in [2.24, 2.45) is 5.73 Å². The van der Waals surface area contributed by atoms with E-state index >= 15 is 0 Å². The minimum Gasteiger partial charge on any atom is -0.467 e. The molecule has 3 rings (SSSR count). The zero-order chi connectivity index (χ0) is 17.9. The molecule has 0 aliphatic carbocycles. The van der Waals surface area contributed by atoms with E-state index in [1.54, 1.807) is 18.2 Å². The van der Waals surface area contributed by atoms with Crippen molar-refractivity contribution in [2.45, 2.75) is 11.4 Å². The molecule has 142 valence electrons. The van der Waals surface area contributed by atoms with Crippen LogP contribution in [0.1, 0.15) is 16.1 Å². The lowest BCUT2D eigenvalue weighted by Crippen LogP contribution is -2.40. The first kappa shape index (κ1) is 20.4. The molecule has 0 atom stereocenters. The van der Waals surface area contributed by atoms with Crippen LogP contribution in [0.15, 0.2) is 45.9 Å². The molecule has 0 bridgehead atoms. The number of anilines is 1. The van der Waals surface area contributed by atoms with Crippen LogP contribution < -0.4 is 11.1 Å². The highest BCUT2D eigenvalue weighted by molar-refractivity contribution is 7.89. The number of nitrogens with two attached hydrogens (primary N) is 1. The van der Waals surface area contributed by atoms with E-state index in [9.17, 15) is 13.2 Å². The van der Waals surface area contributed by atoms with Crippen molar-refractivity contribution in [1.29, 1.82) is 0 Å². The van der Waals surface area contributed by atoms with Crippen molar-refractivity contribution in [1.82, 2.24) is 4.31 Å². The van der Waals surface area contributed by atoms with Gasteiger partial charge in [-0.15, -0.1) is 12.4 Å². The molecule has 1 saturated heterocycles. The molecule has 0 unspecified atom stereocenters. The van der Waals surface area contributed by atoms with Crippen molar-refractivity contribution in [3.05, 3.63) is 47.9 Å². The van der Waals surface area contributed by atoms with Crippen LogP contribution in [-0.4, -0.2) is 44.9 Å². The number of halogens is 1. The number of rotatable bonds is 5. The third kappa shape index (κ3) is 4.43. The SMILES string of the molecule is Cl.NCc1cc(C(=O)Nc2cccc(S(=O)(=O)N3CCOCC3)c2)co1. The molecular formula is C16H20ClN3O5S. The molecule has 0 spiro atoms. The summed E-state index contributed by atoms with van der Waals surface area (Å²) in [5.41, 5.74) is 6.15. The fourth-order valence-electron chi connectivity index (χ4n) is 2.48. The summed E-state index contributed by atoms with van der Waals surface area (Å²) in [7, 11) is -3.62. The van der Waals surface area contributed by atoms with Gasteiger partial charge in [0.1, 0.15) is 12.0 Å². The number of sulfonamides is 1. The Hall–Kier alpha value is -1.91. The second-order valence-electron chi connectivity index (χ2n) is 5.50. The second-order valence-corrected chi connectivity index (χ2v) is 7.44. The van der Waals surface area contributed by atoms with E-state index in [4.69, 9.17) is 14.9 Å². The number of carbonyl (C=O) groups excluding carboxylic acids is 1. The van der Waals surface area contributed by atoms with Crippen LogP contribution >= 0.6 is 12.4 Å². The monoisotopic (exact) mass is 401 g/mol. The maximum absolute atomic E-state index is 12.7. The molecule has 0 saturated carbocycles. The maximum atomic E-state index is 12.7. The van der Waals surface area contributed by atoms with Gasteiger partial charge in [-0.1, -0.05) is 6.07 Å². The first-order chi connectivity index (χ1) is 12.0. The summed E-state index contributed by atoms with van der Waals surface area (Å²) in [4.78, 5) is 12.3. The first-order valence-electron chi connectivity index (χ1n) is 7.77. The van der Waals surface area contributed by atoms with Gasteiger partial charge in [-0.3, -0.25) is 4.79 Å². The van der Waals surface area contributed by atoms with Gasteiger partial charge in [0.2, 0.25) is 10.0 Å². The zero-order valence-electron chi connectivity index (χ0n) is 13.9. The molecule has 1 amide bonds. The number of hydrogen-bond donors (Lipinski definition) is 2. The highest BCUT2D eigenvalue weighted by Crippen LogP contribution is 2.21. The van der Waals surface area contributed by atoms with Crippen LogP contribution in [0.25, 0.3) is 0 Å². The Morgan fingerprint density at radius 2 is 1.96 bits per heavy atom. The summed E-state index contributed by atoms with van der Waals surface area (Å²) in [6.07, 6.45) is 1.31. The van der Waals surface area contributed by atoms with Crippen LogP contribution in [0.2, 0.25) is 0 Å². The van der Waals surface area contributed by atoms with E-state index in [2.05, 4.69) is 5.32 Å². The number of hydrogen-bond acceptors (Lipinski definition) is 6. The lowest BCUT2D eigenvalue weighted by atomic mass is 10.2. The van der Waals surface area contributed by atoms with Gasteiger partial charge in [0.05, 0.1) is 30.2 Å². The largest absolute Gasteiger partial charge is 0.467 e. The van der Waals surface area contributed by atoms with Crippen LogP contribution in [0.5, 0.6) is 0 Å². The van der Waals surface area contributed by atoms with Gasteiger partial charge < -0.3 is 20.2 Å². The molecule has 1 fully saturated rings. The molecular weight excluding hydrogens is 382 g/mol. The summed E-state index contributed by atoms with van der Waals surface area (Å²) < 4.78 is 37.0. The predicted molar refractivity (Wildman–Crippen MR) is 97.8 cm³/mol. The van der Waals surface area contributed by atoms with Gasteiger partial charge in [0, 0.05) is 18.8 Å². The molecule has 2 heterocycles. The molecule has 3 N–H and O–H groups in total. The van der Waals surface area contributed by atoms with E-state index in [1.165, 1.54) is 22.7 Å². The number of amides is 1. The molecule has 26 heavy (non-hydrogen) atoms. The Labute approximate surface area is 157 Å². The molecule has 0 radical (unpaired) electrons. The van der Waals surface area contributed by atoms with Gasteiger partial charge >= 0.3 is 0 Å². The van der Waals surface area contributed by atoms with Crippen LogP contribution in [0.4, 0.5) is 5.69 Å². The molecule has 1 aliphatic rings. The van der Waals surface area contributed by atoms with E-state index < -0.39 is 15.9 Å². The van der Waals surface area contributed by atoms with Gasteiger partial charge in [0.15, 0.2) is 0 Å². The smallest absolute Gasteiger partial charge is 0.258 e. The lowest BCUT2D eigenvalue weighted by molar-refractivity contribution is 0.0730. The van der Waals surface area contributed by atoms with Crippen molar-refractivity contribution < 1.29 is 22.4 Å². The predicted octanol–water partition coefficient (Wildman–Crippen LogP) is 1.43. The highest BCUT2D eigenvalue weighted by Gasteiger charge is 2.26. The summed E-state index contributed by atoms with van der Waals surface area (Å²) in [5.74, 6) is 0.0955. The number of morpholine rings is 1. The third-order valence-electron chi connectivity index (χ3n) is 3.82. The number of nitrogens with one attached hydrogen (secondary N) is 1. The fourth-order valence-corrected chi connectivity index (χ4v) is 3.93. The van der Waals surface area contributed by atoms with Crippen molar-refractivity contribution >= 4 is 34.0 Å². The third-order valence-corrected chi connectivity index (χ3v) is 5.71. The summed E-state index contributed by atoms with van der Waals surface area (Å²) in [5, 5.41) is 2.66. The van der Waals surface area contributed by atoms with Crippen LogP contribution in [-0.2, 0) is 21.3 Å². The molecule has 10 heteroatoms. The Bertz CT molecular complexity index is 862. The molecule has 1 aromatic heterocycles. The van der Waals surface area contributed by atoms with E-state index in [0.717, 1.165) is 0 Å². The molecule has 1 aliphatic heterocycles. The summed E-state index contributed by atoms with van der Waals surface area (Å²) >= 11 is 0. The Balaban J connectivity index is 0.00000243. The second kappa shape index (κ2) is 8.65. The Morgan fingerprint density at radius 1 is 1.23 bits per heavy atom. The van der Waals surface area contributed by atoms with Crippen LogP contribution in [0.3, 0.4) is 0 Å². The minimum atomic E-state index is -3.62. The molecule has 2 aromatic rings. The minimum absolute atomic E-state index is 0. The topological polar surface area (TPSA) is 115 Å². The van der Waals surface area contributed by atoms with Gasteiger partial charge in [-0.25, -0.2) is 8.42 Å². The maximum Gasteiger partial charge on any atom is 0.258 e. The highest BCUT2D eigenvalue weighted by atomic mass is 35.5. The number of benzene rings is 1. The van der Waals surface area contributed by atoms with E-state index in [1.807, 2.05) is 0 Å². The average molecular weight is 402 g/mol. The number of furan rings is 1. The fraction of sp³-hybridized carbons (Fsp3) is 0.312. The number of carbonyl (C=O) groups is 1. The van der Waals surface area contributed by atoms with Gasteiger partial charge in [-0.2, -0.15) is 4.31 Å².